The average molecular weight is 435 g/mol. The molecule has 1 aliphatic heterocycles. The van der Waals surface area contributed by atoms with Crippen LogP contribution in [0.5, 0.6) is 0 Å². The number of amides is 2. The normalized spacial score (nSPS) is 17.3. The van der Waals surface area contributed by atoms with Crippen LogP contribution in [0.4, 0.5) is 4.39 Å². The molecule has 1 fully saturated rings. The number of carbonyl (C=O) groups excluding carboxylic acids is 2. The first kappa shape index (κ1) is 19.3. The molecule has 2 heterocycles. The third-order valence-electron chi connectivity index (χ3n) is 4.38. The molecule has 3 rings (SSSR count). The lowest BCUT2D eigenvalue weighted by Gasteiger charge is -2.20. The standard InChI is InChI=1S/C19H20BrFN4O2/c1-12(2)24-8-7-16(19(24)27)23-18(26)6-4-13-3-5-17(15(21)9-13)25-11-14(20)10-22-25/h3-6,9-12,16H,7-8H2,1-2H3,(H,23,26)/b6-4+. The largest absolute Gasteiger partial charge is 0.341 e. The van der Waals surface area contributed by atoms with E-state index in [0.717, 1.165) is 4.47 Å². The van der Waals surface area contributed by atoms with Gasteiger partial charge in [-0.15, -0.1) is 0 Å². The van der Waals surface area contributed by atoms with E-state index in [9.17, 15) is 14.0 Å². The third-order valence-corrected chi connectivity index (χ3v) is 4.79. The topological polar surface area (TPSA) is 67.2 Å². The Hall–Kier alpha value is -2.48. The molecule has 1 saturated heterocycles. The summed E-state index contributed by atoms with van der Waals surface area (Å²) in [5.74, 6) is -0.890. The molecule has 27 heavy (non-hydrogen) atoms. The van der Waals surface area contributed by atoms with Crippen molar-refractivity contribution < 1.29 is 14.0 Å². The van der Waals surface area contributed by atoms with Crippen LogP contribution in [0.15, 0.2) is 41.1 Å². The monoisotopic (exact) mass is 434 g/mol. The van der Waals surface area contributed by atoms with Crippen LogP contribution in [0.25, 0.3) is 11.8 Å². The van der Waals surface area contributed by atoms with Crippen molar-refractivity contribution in [3.05, 3.63) is 52.5 Å². The van der Waals surface area contributed by atoms with Gasteiger partial charge in [0.1, 0.15) is 17.5 Å². The fourth-order valence-corrected chi connectivity index (χ4v) is 3.27. The fourth-order valence-electron chi connectivity index (χ4n) is 2.99. The molecule has 0 radical (unpaired) electrons. The van der Waals surface area contributed by atoms with E-state index in [1.54, 1.807) is 29.4 Å². The highest BCUT2D eigenvalue weighted by molar-refractivity contribution is 9.10. The Morgan fingerprint density at radius 3 is 2.81 bits per heavy atom. The van der Waals surface area contributed by atoms with E-state index in [1.807, 2.05) is 13.8 Å². The predicted molar refractivity (Wildman–Crippen MR) is 104 cm³/mol. The molecule has 0 aliphatic carbocycles. The van der Waals surface area contributed by atoms with Gasteiger partial charge in [0.05, 0.1) is 10.7 Å². The predicted octanol–water partition coefficient (Wildman–Crippen LogP) is 2.91. The Morgan fingerprint density at radius 1 is 1.44 bits per heavy atom. The van der Waals surface area contributed by atoms with Gasteiger partial charge >= 0.3 is 0 Å². The van der Waals surface area contributed by atoms with Gasteiger partial charge in [-0.2, -0.15) is 5.10 Å². The maximum atomic E-state index is 14.3. The van der Waals surface area contributed by atoms with Crippen LogP contribution in [0.1, 0.15) is 25.8 Å². The molecule has 0 bridgehead atoms. The van der Waals surface area contributed by atoms with E-state index in [0.29, 0.717) is 24.2 Å². The molecule has 0 spiro atoms. The summed E-state index contributed by atoms with van der Waals surface area (Å²) in [6.45, 7) is 4.53. The summed E-state index contributed by atoms with van der Waals surface area (Å²) in [7, 11) is 0. The van der Waals surface area contributed by atoms with Crippen molar-refractivity contribution in [2.45, 2.75) is 32.4 Å². The number of likely N-dealkylation sites (tertiary alicyclic amines) is 1. The van der Waals surface area contributed by atoms with E-state index in [1.165, 1.54) is 22.9 Å². The van der Waals surface area contributed by atoms with Crippen molar-refractivity contribution >= 4 is 33.8 Å². The van der Waals surface area contributed by atoms with Crippen LogP contribution < -0.4 is 5.32 Å². The SMILES string of the molecule is CC(C)N1CCC(NC(=O)/C=C/c2ccc(-n3cc(Br)cn3)c(F)c2)C1=O. The van der Waals surface area contributed by atoms with Gasteiger partial charge in [0.2, 0.25) is 11.8 Å². The molecular formula is C19H20BrFN4O2. The zero-order valence-electron chi connectivity index (χ0n) is 15.0. The average Bonchev–Trinajstić information content (AvgIpc) is 3.19. The second-order valence-electron chi connectivity index (χ2n) is 6.62. The number of nitrogens with one attached hydrogen (secondary N) is 1. The molecule has 1 aromatic heterocycles. The molecule has 8 heteroatoms. The van der Waals surface area contributed by atoms with Gasteiger partial charge in [-0.1, -0.05) is 6.07 Å². The molecule has 6 nitrogen and oxygen atoms in total. The Labute approximate surface area is 165 Å². The summed E-state index contributed by atoms with van der Waals surface area (Å²) in [6.07, 6.45) is 6.65. The van der Waals surface area contributed by atoms with E-state index >= 15 is 0 Å². The Balaban J connectivity index is 1.63. The lowest BCUT2D eigenvalue weighted by molar-refractivity contribution is -0.132. The van der Waals surface area contributed by atoms with Gasteiger partial charge in [0.15, 0.2) is 0 Å². The van der Waals surface area contributed by atoms with Crippen LogP contribution in [0, 0.1) is 5.82 Å². The Bertz CT molecular complexity index is 894. The first-order valence-electron chi connectivity index (χ1n) is 8.64. The number of halogens is 2. The van der Waals surface area contributed by atoms with Crippen LogP contribution in [-0.4, -0.2) is 45.1 Å². The first-order valence-corrected chi connectivity index (χ1v) is 9.43. The molecular weight excluding hydrogens is 415 g/mol. The van der Waals surface area contributed by atoms with Crippen molar-refractivity contribution in [2.75, 3.05) is 6.54 Å². The number of rotatable bonds is 5. The Kier molecular flexibility index (Phi) is 5.74. The lowest BCUT2D eigenvalue weighted by atomic mass is 10.1. The first-order chi connectivity index (χ1) is 12.8. The highest BCUT2D eigenvalue weighted by Crippen LogP contribution is 2.18. The van der Waals surface area contributed by atoms with Gasteiger partial charge in [0, 0.05) is 24.9 Å². The lowest BCUT2D eigenvalue weighted by Crippen LogP contribution is -2.42. The van der Waals surface area contributed by atoms with Crippen LogP contribution in [0.3, 0.4) is 0 Å². The van der Waals surface area contributed by atoms with E-state index in [4.69, 9.17) is 0 Å². The van der Waals surface area contributed by atoms with E-state index < -0.39 is 11.9 Å². The molecule has 1 unspecified atom stereocenters. The Morgan fingerprint density at radius 2 is 2.22 bits per heavy atom. The number of aromatic nitrogens is 2. The molecule has 1 atom stereocenters. The second-order valence-corrected chi connectivity index (χ2v) is 7.54. The summed E-state index contributed by atoms with van der Waals surface area (Å²) >= 11 is 3.27. The second kappa shape index (κ2) is 8.04. The summed E-state index contributed by atoms with van der Waals surface area (Å²) in [5.41, 5.74) is 0.854. The van der Waals surface area contributed by atoms with Crippen LogP contribution >= 0.6 is 15.9 Å². The third kappa shape index (κ3) is 4.44. The van der Waals surface area contributed by atoms with E-state index in [-0.39, 0.29) is 17.9 Å². The van der Waals surface area contributed by atoms with Crippen molar-refractivity contribution in [3.63, 3.8) is 0 Å². The minimum Gasteiger partial charge on any atom is -0.341 e. The highest BCUT2D eigenvalue weighted by atomic mass is 79.9. The smallest absolute Gasteiger partial charge is 0.245 e. The summed E-state index contributed by atoms with van der Waals surface area (Å²) < 4.78 is 16.5. The van der Waals surface area contributed by atoms with E-state index in [2.05, 4.69) is 26.3 Å². The summed E-state index contributed by atoms with van der Waals surface area (Å²) in [5, 5.41) is 6.75. The van der Waals surface area contributed by atoms with Gasteiger partial charge in [-0.05, 0) is 60.0 Å². The van der Waals surface area contributed by atoms with Crippen molar-refractivity contribution in [1.29, 1.82) is 0 Å². The number of nitrogens with zero attached hydrogens (tertiary/aromatic N) is 3. The number of carbonyl (C=O) groups is 2. The fraction of sp³-hybridized carbons (Fsp3) is 0.316. The molecule has 1 aliphatic rings. The number of hydrogen-bond donors (Lipinski definition) is 1. The zero-order valence-corrected chi connectivity index (χ0v) is 16.6. The molecule has 142 valence electrons. The quantitative estimate of drug-likeness (QED) is 0.735. The maximum absolute atomic E-state index is 14.3. The molecule has 1 aromatic carbocycles. The summed E-state index contributed by atoms with van der Waals surface area (Å²) in [4.78, 5) is 26.0. The van der Waals surface area contributed by atoms with Gasteiger partial charge in [-0.25, -0.2) is 9.07 Å². The van der Waals surface area contributed by atoms with Gasteiger partial charge in [-0.3, -0.25) is 9.59 Å². The summed E-state index contributed by atoms with van der Waals surface area (Å²) in [6, 6.07) is 4.23. The minimum absolute atomic E-state index is 0.0625. The zero-order chi connectivity index (χ0) is 19.6. The van der Waals surface area contributed by atoms with Gasteiger partial charge in [0.25, 0.3) is 0 Å². The van der Waals surface area contributed by atoms with Gasteiger partial charge < -0.3 is 10.2 Å². The molecule has 1 N–H and O–H groups in total. The molecule has 2 amide bonds. The van der Waals surface area contributed by atoms with Crippen molar-refractivity contribution in [3.8, 4) is 5.69 Å². The van der Waals surface area contributed by atoms with Crippen molar-refractivity contribution in [1.82, 2.24) is 20.0 Å². The maximum Gasteiger partial charge on any atom is 0.245 e. The molecule has 0 saturated carbocycles. The van der Waals surface area contributed by atoms with Crippen LogP contribution in [0.2, 0.25) is 0 Å². The minimum atomic E-state index is -0.498. The van der Waals surface area contributed by atoms with Crippen molar-refractivity contribution in [2.24, 2.45) is 0 Å². The molecule has 2 aromatic rings. The number of hydrogen-bond acceptors (Lipinski definition) is 3. The number of benzene rings is 1. The van der Waals surface area contributed by atoms with Crippen LogP contribution in [-0.2, 0) is 9.59 Å². The highest BCUT2D eigenvalue weighted by Gasteiger charge is 2.33.